The Hall–Kier alpha value is -1.85. The molecule has 0 atom stereocenters. The average molecular weight is 390 g/mol. The summed E-state index contributed by atoms with van der Waals surface area (Å²) in [5, 5.41) is 0. The van der Waals surface area contributed by atoms with Gasteiger partial charge in [0.1, 0.15) is 5.75 Å². The molecule has 0 fully saturated rings. The quantitative estimate of drug-likeness (QED) is 0.522. The number of hydrogen-bond acceptors (Lipinski definition) is 4. The summed E-state index contributed by atoms with van der Waals surface area (Å²) in [5.41, 5.74) is 1.04. The lowest BCUT2D eigenvalue weighted by Crippen LogP contribution is -2.27. The fourth-order valence-electron chi connectivity index (χ4n) is 3.01. The second kappa shape index (κ2) is 10.5. The van der Waals surface area contributed by atoms with Gasteiger partial charge < -0.3 is 9.64 Å². The molecular formula is C22H31NO3S. The maximum atomic E-state index is 12.7. The van der Waals surface area contributed by atoms with Crippen molar-refractivity contribution < 1.29 is 13.2 Å². The zero-order valence-electron chi connectivity index (χ0n) is 16.6. The molecule has 2 aromatic rings. The Morgan fingerprint density at radius 2 is 1.33 bits per heavy atom. The molecule has 27 heavy (non-hydrogen) atoms. The highest BCUT2D eigenvalue weighted by Crippen LogP contribution is 2.23. The van der Waals surface area contributed by atoms with Crippen molar-refractivity contribution in [1.29, 1.82) is 0 Å². The van der Waals surface area contributed by atoms with Gasteiger partial charge in [0.25, 0.3) is 0 Å². The first kappa shape index (κ1) is 21.5. The molecule has 5 heteroatoms. The Bertz CT molecular complexity index is 777. The van der Waals surface area contributed by atoms with Crippen LogP contribution in [0.4, 0.5) is 0 Å². The predicted molar refractivity (Wildman–Crippen MR) is 110 cm³/mol. The minimum Gasteiger partial charge on any atom is -0.494 e. The first-order valence-electron chi connectivity index (χ1n) is 9.74. The lowest BCUT2D eigenvalue weighted by atomic mass is 10.2. The van der Waals surface area contributed by atoms with Gasteiger partial charge in [-0.15, -0.1) is 0 Å². The van der Waals surface area contributed by atoms with Crippen molar-refractivity contribution >= 4 is 9.84 Å². The van der Waals surface area contributed by atoms with Gasteiger partial charge in [-0.3, -0.25) is 0 Å². The summed E-state index contributed by atoms with van der Waals surface area (Å²) in [6, 6.07) is 13.6. The van der Waals surface area contributed by atoms with Crippen LogP contribution in [0.3, 0.4) is 0 Å². The van der Waals surface area contributed by atoms with Crippen molar-refractivity contribution in [2.75, 3.05) is 26.2 Å². The third kappa shape index (κ3) is 6.36. The summed E-state index contributed by atoms with van der Waals surface area (Å²) < 4.78 is 31.1. The van der Waals surface area contributed by atoms with E-state index in [1.807, 2.05) is 19.1 Å². The van der Waals surface area contributed by atoms with Crippen LogP contribution in [-0.2, 0) is 9.84 Å². The molecule has 0 heterocycles. The second-order valence-electron chi connectivity index (χ2n) is 6.83. The van der Waals surface area contributed by atoms with Crippen LogP contribution in [0.5, 0.6) is 5.75 Å². The fourth-order valence-corrected chi connectivity index (χ4v) is 4.28. The van der Waals surface area contributed by atoms with Gasteiger partial charge in [0.05, 0.1) is 16.4 Å². The van der Waals surface area contributed by atoms with Gasteiger partial charge in [-0.1, -0.05) is 31.5 Å². The van der Waals surface area contributed by atoms with E-state index in [4.69, 9.17) is 4.74 Å². The molecule has 0 aromatic heterocycles. The van der Waals surface area contributed by atoms with Crippen LogP contribution in [0.15, 0.2) is 58.3 Å². The number of hydrogen-bond donors (Lipinski definition) is 0. The Labute approximate surface area is 164 Å². The van der Waals surface area contributed by atoms with Crippen LogP contribution >= 0.6 is 0 Å². The molecule has 2 aromatic carbocycles. The van der Waals surface area contributed by atoms with Crippen molar-refractivity contribution in [3.05, 3.63) is 54.1 Å². The van der Waals surface area contributed by atoms with Gasteiger partial charge in [0, 0.05) is 6.54 Å². The largest absolute Gasteiger partial charge is 0.494 e. The Kier molecular flexibility index (Phi) is 8.32. The SMILES string of the molecule is CCCN(CCC)CCCOc1ccc(S(=O)(=O)c2ccc(C)cc2)cc1. The number of ether oxygens (including phenoxy) is 1. The molecule has 0 aliphatic heterocycles. The molecule has 0 amide bonds. The lowest BCUT2D eigenvalue weighted by molar-refractivity contribution is 0.234. The monoisotopic (exact) mass is 389 g/mol. The van der Waals surface area contributed by atoms with Crippen LogP contribution in [0.2, 0.25) is 0 Å². The Morgan fingerprint density at radius 1 is 0.815 bits per heavy atom. The summed E-state index contributed by atoms with van der Waals surface area (Å²) in [4.78, 5) is 3.06. The van der Waals surface area contributed by atoms with Gasteiger partial charge in [0.2, 0.25) is 9.84 Å². The minimum absolute atomic E-state index is 0.288. The molecule has 0 saturated heterocycles. The molecule has 148 valence electrons. The van der Waals surface area contributed by atoms with Crippen molar-refractivity contribution in [3.63, 3.8) is 0 Å². The topological polar surface area (TPSA) is 46.6 Å². The van der Waals surface area contributed by atoms with Gasteiger partial charge in [-0.25, -0.2) is 8.42 Å². The van der Waals surface area contributed by atoms with Gasteiger partial charge in [-0.2, -0.15) is 0 Å². The predicted octanol–water partition coefficient (Wildman–Crippen LogP) is 4.72. The zero-order chi connectivity index (χ0) is 19.7. The van der Waals surface area contributed by atoms with Crippen molar-refractivity contribution in [2.24, 2.45) is 0 Å². The van der Waals surface area contributed by atoms with Crippen molar-refractivity contribution in [3.8, 4) is 5.75 Å². The summed E-state index contributed by atoms with van der Waals surface area (Å²) >= 11 is 0. The molecule has 0 N–H and O–H groups in total. The second-order valence-corrected chi connectivity index (χ2v) is 8.78. The van der Waals surface area contributed by atoms with Gasteiger partial charge >= 0.3 is 0 Å². The normalized spacial score (nSPS) is 11.7. The fraction of sp³-hybridized carbons (Fsp3) is 0.455. The highest BCUT2D eigenvalue weighted by molar-refractivity contribution is 7.91. The number of rotatable bonds is 11. The highest BCUT2D eigenvalue weighted by Gasteiger charge is 2.17. The molecule has 0 aliphatic carbocycles. The molecule has 2 rings (SSSR count). The maximum absolute atomic E-state index is 12.7. The van der Waals surface area contributed by atoms with E-state index in [1.54, 1.807) is 36.4 Å². The Morgan fingerprint density at radius 3 is 1.85 bits per heavy atom. The number of sulfone groups is 1. The smallest absolute Gasteiger partial charge is 0.206 e. The molecule has 0 unspecified atom stereocenters. The van der Waals surface area contributed by atoms with Gasteiger partial charge in [0.15, 0.2) is 0 Å². The van der Waals surface area contributed by atoms with E-state index in [0.29, 0.717) is 17.3 Å². The molecule has 0 bridgehead atoms. The summed E-state index contributed by atoms with van der Waals surface area (Å²) in [6.45, 7) is 10.2. The molecular weight excluding hydrogens is 358 g/mol. The first-order valence-corrected chi connectivity index (χ1v) is 11.2. The number of benzene rings is 2. The number of nitrogens with zero attached hydrogens (tertiary/aromatic N) is 1. The molecule has 0 spiro atoms. The zero-order valence-corrected chi connectivity index (χ0v) is 17.5. The average Bonchev–Trinajstić information content (AvgIpc) is 2.66. The van der Waals surface area contributed by atoms with Crippen LogP contribution in [0.25, 0.3) is 0 Å². The van der Waals surface area contributed by atoms with E-state index in [-0.39, 0.29) is 4.90 Å². The van der Waals surface area contributed by atoms with Crippen LogP contribution < -0.4 is 4.74 Å². The van der Waals surface area contributed by atoms with E-state index in [0.717, 1.165) is 44.5 Å². The standard InChI is InChI=1S/C22H31NO3S/c1-4-15-23(16-5-2)17-6-18-26-20-9-13-22(14-10-20)27(24,25)21-11-7-19(3)8-12-21/h7-14H,4-6,15-18H2,1-3H3. The van der Waals surface area contributed by atoms with E-state index in [1.165, 1.54) is 0 Å². The highest BCUT2D eigenvalue weighted by atomic mass is 32.2. The Balaban J connectivity index is 1.90. The molecule has 0 aliphatic rings. The third-order valence-corrected chi connectivity index (χ3v) is 6.22. The maximum Gasteiger partial charge on any atom is 0.206 e. The summed E-state index contributed by atoms with van der Waals surface area (Å²) in [7, 11) is -3.48. The minimum atomic E-state index is -3.48. The van der Waals surface area contributed by atoms with Gasteiger partial charge in [-0.05, 0) is 75.7 Å². The molecule has 0 radical (unpaired) electrons. The van der Waals surface area contributed by atoms with E-state index in [9.17, 15) is 8.42 Å². The summed E-state index contributed by atoms with van der Waals surface area (Å²) in [5.74, 6) is 0.704. The lowest BCUT2D eigenvalue weighted by Gasteiger charge is -2.20. The van der Waals surface area contributed by atoms with E-state index < -0.39 is 9.84 Å². The van der Waals surface area contributed by atoms with Crippen LogP contribution in [0.1, 0.15) is 38.7 Å². The first-order chi connectivity index (χ1) is 13.0. The molecule has 0 saturated carbocycles. The van der Waals surface area contributed by atoms with Crippen molar-refractivity contribution in [1.82, 2.24) is 4.90 Å². The van der Waals surface area contributed by atoms with Crippen molar-refractivity contribution in [2.45, 2.75) is 49.8 Å². The third-order valence-electron chi connectivity index (χ3n) is 4.43. The summed E-state index contributed by atoms with van der Waals surface area (Å²) in [6.07, 6.45) is 3.29. The molecule has 4 nitrogen and oxygen atoms in total. The van der Waals surface area contributed by atoms with Crippen LogP contribution in [0, 0.1) is 6.92 Å². The van der Waals surface area contributed by atoms with E-state index >= 15 is 0 Å². The van der Waals surface area contributed by atoms with Crippen LogP contribution in [-0.4, -0.2) is 39.6 Å². The number of aryl methyl sites for hydroxylation is 1. The van der Waals surface area contributed by atoms with E-state index in [2.05, 4.69) is 18.7 Å².